The quantitative estimate of drug-likeness (QED) is 0.805. The third-order valence-corrected chi connectivity index (χ3v) is 4.00. The molecule has 0 aromatic heterocycles. The zero-order chi connectivity index (χ0) is 14.4. The number of nitrogens with two attached hydrogens (primary N) is 1. The van der Waals surface area contributed by atoms with Gasteiger partial charge < -0.3 is 20.3 Å². The Balaban J connectivity index is 1.92. The standard InChI is InChI=1S/C16H25NO3/c1-19-15-8-4-7-13(10-17)16(15)20-11-14(18)9-12-5-2-3-6-12/h4,7-8,12,14,18H,2-3,5-6,9-11,17H2,1H3. The first-order chi connectivity index (χ1) is 9.74. The molecule has 4 nitrogen and oxygen atoms in total. The summed E-state index contributed by atoms with van der Waals surface area (Å²) in [5, 5.41) is 10.1. The van der Waals surface area contributed by atoms with Gasteiger partial charge in [0, 0.05) is 12.1 Å². The first kappa shape index (κ1) is 15.1. The van der Waals surface area contributed by atoms with E-state index in [0.29, 0.717) is 30.6 Å². The Hall–Kier alpha value is -1.26. The van der Waals surface area contributed by atoms with Gasteiger partial charge >= 0.3 is 0 Å². The smallest absolute Gasteiger partial charge is 0.165 e. The van der Waals surface area contributed by atoms with E-state index in [9.17, 15) is 5.11 Å². The van der Waals surface area contributed by atoms with E-state index < -0.39 is 6.10 Å². The summed E-state index contributed by atoms with van der Waals surface area (Å²) >= 11 is 0. The highest BCUT2D eigenvalue weighted by Crippen LogP contribution is 2.32. The van der Waals surface area contributed by atoms with Crippen LogP contribution in [0.5, 0.6) is 11.5 Å². The summed E-state index contributed by atoms with van der Waals surface area (Å²) in [4.78, 5) is 0. The molecule has 1 saturated carbocycles. The number of para-hydroxylation sites is 1. The van der Waals surface area contributed by atoms with Gasteiger partial charge in [-0.25, -0.2) is 0 Å². The molecule has 4 heteroatoms. The Morgan fingerprint density at radius 3 is 2.75 bits per heavy atom. The first-order valence-electron chi connectivity index (χ1n) is 7.41. The van der Waals surface area contributed by atoms with Crippen LogP contribution in [-0.2, 0) is 6.54 Å². The van der Waals surface area contributed by atoms with Crippen LogP contribution in [0.4, 0.5) is 0 Å². The van der Waals surface area contributed by atoms with Gasteiger partial charge in [-0.1, -0.05) is 37.8 Å². The van der Waals surface area contributed by atoms with Crippen molar-refractivity contribution < 1.29 is 14.6 Å². The Morgan fingerprint density at radius 2 is 2.10 bits per heavy atom. The SMILES string of the molecule is COc1cccc(CN)c1OCC(O)CC1CCCC1. The van der Waals surface area contributed by atoms with E-state index in [1.165, 1.54) is 25.7 Å². The Bertz CT molecular complexity index is 394. The van der Waals surface area contributed by atoms with E-state index in [-0.39, 0.29) is 0 Å². The number of benzene rings is 1. The Labute approximate surface area is 120 Å². The first-order valence-corrected chi connectivity index (χ1v) is 7.41. The van der Waals surface area contributed by atoms with Crippen molar-refractivity contribution in [3.8, 4) is 11.5 Å². The van der Waals surface area contributed by atoms with E-state index in [1.54, 1.807) is 7.11 Å². The number of methoxy groups -OCH3 is 1. The van der Waals surface area contributed by atoms with E-state index in [1.807, 2.05) is 18.2 Å². The molecular weight excluding hydrogens is 254 g/mol. The lowest BCUT2D eigenvalue weighted by Crippen LogP contribution is -2.21. The molecule has 112 valence electrons. The summed E-state index contributed by atoms with van der Waals surface area (Å²) < 4.78 is 11.1. The molecule has 1 aliphatic rings. The second-order valence-electron chi connectivity index (χ2n) is 5.50. The highest BCUT2D eigenvalue weighted by molar-refractivity contribution is 5.46. The Morgan fingerprint density at radius 1 is 1.35 bits per heavy atom. The Kier molecular flexibility index (Phi) is 5.68. The second-order valence-corrected chi connectivity index (χ2v) is 5.50. The molecule has 1 fully saturated rings. The number of ether oxygens (including phenoxy) is 2. The van der Waals surface area contributed by atoms with Crippen molar-refractivity contribution >= 4 is 0 Å². The molecular formula is C16H25NO3. The van der Waals surface area contributed by atoms with Crippen molar-refractivity contribution in [3.05, 3.63) is 23.8 Å². The third-order valence-electron chi connectivity index (χ3n) is 4.00. The normalized spacial score (nSPS) is 17.1. The van der Waals surface area contributed by atoms with Crippen LogP contribution >= 0.6 is 0 Å². The van der Waals surface area contributed by atoms with E-state index in [2.05, 4.69) is 0 Å². The molecule has 1 atom stereocenters. The van der Waals surface area contributed by atoms with Gasteiger partial charge in [0.25, 0.3) is 0 Å². The van der Waals surface area contributed by atoms with E-state index in [4.69, 9.17) is 15.2 Å². The van der Waals surface area contributed by atoms with Gasteiger partial charge in [0.15, 0.2) is 11.5 Å². The highest BCUT2D eigenvalue weighted by Gasteiger charge is 2.20. The van der Waals surface area contributed by atoms with Crippen LogP contribution in [0, 0.1) is 5.92 Å². The summed E-state index contributed by atoms with van der Waals surface area (Å²) in [6, 6.07) is 5.65. The minimum absolute atomic E-state index is 0.296. The van der Waals surface area contributed by atoms with Crippen LogP contribution in [-0.4, -0.2) is 24.9 Å². The van der Waals surface area contributed by atoms with Crippen molar-refractivity contribution in [1.29, 1.82) is 0 Å². The number of hydrogen-bond donors (Lipinski definition) is 2. The molecule has 0 heterocycles. The maximum absolute atomic E-state index is 10.1. The minimum atomic E-state index is -0.423. The van der Waals surface area contributed by atoms with Crippen molar-refractivity contribution in [2.24, 2.45) is 11.7 Å². The number of hydrogen-bond acceptors (Lipinski definition) is 4. The molecule has 3 N–H and O–H groups in total. The fourth-order valence-electron chi connectivity index (χ4n) is 2.92. The average molecular weight is 279 g/mol. The van der Waals surface area contributed by atoms with Crippen molar-refractivity contribution in [1.82, 2.24) is 0 Å². The zero-order valence-corrected chi connectivity index (χ0v) is 12.2. The van der Waals surface area contributed by atoms with Crippen molar-refractivity contribution in [2.45, 2.75) is 44.8 Å². The monoisotopic (exact) mass is 279 g/mol. The molecule has 2 rings (SSSR count). The third kappa shape index (κ3) is 3.87. The van der Waals surface area contributed by atoms with Gasteiger partial charge in [0.05, 0.1) is 13.2 Å². The molecule has 1 aromatic rings. The van der Waals surface area contributed by atoms with Gasteiger partial charge in [0.2, 0.25) is 0 Å². The summed E-state index contributed by atoms with van der Waals surface area (Å²) in [6.07, 6.45) is 5.46. The van der Waals surface area contributed by atoms with E-state index >= 15 is 0 Å². The maximum atomic E-state index is 10.1. The van der Waals surface area contributed by atoms with Gasteiger partial charge in [-0.05, 0) is 18.4 Å². The van der Waals surface area contributed by atoms with Gasteiger partial charge in [-0.2, -0.15) is 0 Å². The molecule has 1 unspecified atom stereocenters. The fraction of sp³-hybridized carbons (Fsp3) is 0.625. The molecule has 0 aliphatic heterocycles. The summed E-state index contributed by atoms with van der Waals surface area (Å²) in [7, 11) is 1.61. The zero-order valence-electron chi connectivity index (χ0n) is 12.2. The summed E-state index contributed by atoms with van der Waals surface area (Å²) in [5.74, 6) is 1.98. The number of aliphatic hydroxyl groups excluding tert-OH is 1. The molecule has 20 heavy (non-hydrogen) atoms. The minimum Gasteiger partial charge on any atom is -0.493 e. The summed E-state index contributed by atoms with van der Waals surface area (Å²) in [5.41, 5.74) is 6.61. The number of rotatable bonds is 7. The molecule has 0 spiro atoms. The predicted molar refractivity (Wildman–Crippen MR) is 79.0 cm³/mol. The maximum Gasteiger partial charge on any atom is 0.165 e. The lowest BCUT2D eigenvalue weighted by atomic mass is 10.0. The van der Waals surface area contributed by atoms with Crippen LogP contribution in [0.15, 0.2) is 18.2 Å². The highest BCUT2D eigenvalue weighted by atomic mass is 16.5. The van der Waals surface area contributed by atoms with Crippen LogP contribution in [0.3, 0.4) is 0 Å². The van der Waals surface area contributed by atoms with Crippen molar-refractivity contribution in [2.75, 3.05) is 13.7 Å². The van der Waals surface area contributed by atoms with Crippen LogP contribution in [0.1, 0.15) is 37.7 Å². The predicted octanol–water partition coefficient (Wildman–Crippen LogP) is 2.47. The van der Waals surface area contributed by atoms with Crippen molar-refractivity contribution in [3.63, 3.8) is 0 Å². The fourth-order valence-corrected chi connectivity index (χ4v) is 2.92. The molecule has 1 aliphatic carbocycles. The van der Waals surface area contributed by atoms with Crippen LogP contribution in [0.25, 0.3) is 0 Å². The number of aliphatic hydroxyl groups is 1. The largest absolute Gasteiger partial charge is 0.493 e. The lowest BCUT2D eigenvalue weighted by molar-refractivity contribution is 0.0837. The lowest BCUT2D eigenvalue weighted by Gasteiger charge is -2.18. The molecule has 0 radical (unpaired) electrons. The second kappa shape index (κ2) is 7.50. The van der Waals surface area contributed by atoms with Crippen LogP contribution in [0.2, 0.25) is 0 Å². The van der Waals surface area contributed by atoms with Gasteiger partial charge in [-0.15, -0.1) is 0 Å². The van der Waals surface area contributed by atoms with Gasteiger partial charge in [-0.3, -0.25) is 0 Å². The average Bonchev–Trinajstić information content (AvgIpc) is 2.97. The van der Waals surface area contributed by atoms with Gasteiger partial charge in [0.1, 0.15) is 6.61 Å². The van der Waals surface area contributed by atoms with E-state index in [0.717, 1.165) is 12.0 Å². The molecule has 0 amide bonds. The molecule has 0 saturated heterocycles. The molecule has 1 aromatic carbocycles. The summed E-state index contributed by atoms with van der Waals surface area (Å²) in [6.45, 7) is 0.690. The van der Waals surface area contributed by atoms with Crippen LogP contribution < -0.4 is 15.2 Å². The molecule has 0 bridgehead atoms. The topological polar surface area (TPSA) is 64.7 Å².